The lowest BCUT2D eigenvalue weighted by Gasteiger charge is -2.32. The summed E-state index contributed by atoms with van der Waals surface area (Å²) in [6.45, 7) is 4.36. The summed E-state index contributed by atoms with van der Waals surface area (Å²) in [5.74, 6) is -0.237. The number of hydrogen-bond acceptors (Lipinski definition) is 5. The van der Waals surface area contributed by atoms with Crippen molar-refractivity contribution in [2.45, 2.75) is 26.3 Å². The van der Waals surface area contributed by atoms with Crippen molar-refractivity contribution < 1.29 is 9.59 Å². The van der Waals surface area contributed by atoms with E-state index in [0.717, 1.165) is 11.3 Å². The summed E-state index contributed by atoms with van der Waals surface area (Å²) < 4.78 is 1.68. The van der Waals surface area contributed by atoms with Crippen LogP contribution in [0.4, 0.5) is 11.5 Å². The third-order valence-electron chi connectivity index (χ3n) is 5.14. The Kier molecular flexibility index (Phi) is 4.84. The zero-order valence-corrected chi connectivity index (χ0v) is 16.8. The number of halogens is 1. The Morgan fingerprint density at radius 3 is 2.86 bits per heavy atom. The van der Waals surface area contributed by atoms with Crippen molar-refractivity contribution in [3.8, 4) is 0 Å². The van der Waals surface area contributed by atoms with Gasteiger partial charge in [0.05, 0.1) is 17.8 Å². The van der Waals surface area contributed by atoms with Crippen molar-refractivity contribution in [3.05, 3.63) is 70.1 Å². The van der Waals surface area contributed by atoms with E-state index in [2.05, 4.69) is 10.1 Å². The third kappa shape index (κ3) is 3.38. The van der Waals surface area contributed by atoms with Gasteiger partial charge in [0.15, 0.2) is 5.78 Å². The molecule has 148 valence electrons. The molecule has 0 spiro atoms. The third-order valence-corrected chi connectivity index (χ3v) is 5.55. The van der Waals surface area contributed by atoms with Crippen LogP contribution in [0.1, 0.15) is 44.9 Å². The van der Waals surface area contributed by atoms with Crippen molar-refractivity contribution in [2.75, 3.05) is 17.2 Å². The Bertz CT molecular complexity index is 1120. The molecule has 1 aliphatic rings. The summed E-state index contributed by atoms with van der Waals surface area (Å²) in [7, 11) is 0. The number of carbonyl (C=O) groups excluding carboxylic acids is 2. The molecule has 1 aliphatic heterocycles. The van der Waals surface area contributed by atoms with Gasteiger partial charge in [-0.1, -0.05) is 17.7 Å². The van der Waals surface area contributed by atoms with Gasteiger partial charge in [-0.3, -0.25) is 14.3 Å². The second-order valence-electron chi connectivity index (χ2n) is 7.20. The van der Waals surface area contributed by atoms with Crippen LogP contribution in [0, 0.1) is 6.92 Å². The highest BCUT2D eigenvalue weighted by Crippen LogP contribution is 2.31. The molecule has 1 amide bonds. The van der Waals surface area contributed by atoms with E-state index < -0.39 is 0 Å². The molecule has 3 aromatic rings. The highest BCUT2D eigenvalue weighted by Gasteiger charge is 2.34. The number of aryl methyl sites for hydroxylation is 1. The molecule has 2 N–H and O–H groups in total. The Morgan fingerprint density at radius 2 is 2.14 bits per heavy atom. The minimum absolute atomic E-state index is 0.0200. The molecule has 7 nitrogen and oxygen atoms in total. The summed E-state index contributed by atoms with van der Waals surface area (Å²) in [6.07, 6.45) is 3.13. The molecule has 0 aliphatic carbocycles. The van der Waals surface area contributed by atoms with Gasteiger partial charge in [-0.15, -0.1) is 0 Å². The number of ketones is 1. The SMILES string of the molecule is Cc1ccc(N2C[C@H](C)n3ncc(CC(=O)c4cccnc4N)c3C2=O)cc1Cl. The Morgan fingerprint density at radius 1 is 1.34 bits per heavy atom. The van der Waals surface area contributed by atoms with Crippen LogP contribution in [-0.2, 0) is 6.42 Å². The fourth-order valence-corrected chi connectivity index (χ4v) is 3.72. The fourth-order valence-electron chi connectivity index (χ4n) is 3.54. The van der Waals surface area contributed by atoms with Crippen molar-refractivity contribution >= 4 is 34.8 Å². The van der Waals surface area contributed by atoms with Crippen LogP contribution < -0.4 is 10.6 Å². The van der Waals surface area contributed by atoms with Crippen molar-refractivity contribution in [2.24, 2.45) is 0 Å². The highest BCUT2D eigenvalue weighted by atomic mass is 35.5. The van der Waals surface area contributed by atoms with Crippen LogP contribution in [0.15, 0.2) is 42.7 Å². The van der Waals surface area contributed by atoms with Crippen LogP contribution in [-0.4, -0.2) is 33.0 Å². The average Bonchev–Trinajstić information content (AvgIpc) is 3.11. The van der Waals surface area contributed by atoms with E-state index in [4.69, 9.17) is 17.3 Å². The lowest BCUT2D eigenvalue weighted by molar-refractivity contribution is 0.0951. The summed E-state index contributed by atoms with van der Waals surface area (Å²) in [5.41, 5.74) is 8.81. The van der Waals surface area contributed by atoms with E-state index >= 15 is 0 Å². The van der Waals surface area contributed by atoms with Crippen molar-refractivity contribution in [1.82, 2.24) is 14.8 Å². The molecule has 0 fully saturated rings. The highest BCUT2D eigenvalue weighted by molar-refractivity contribution is 6.31. The number of fused-ring (bicyclic) bond motifs is 1. The van der Waals surface area contributed by atoms with Gasteiger partial charge in [0.25, 0.3) is 5.91 Å². The Labute approximate surface area is 173 Å². The van der Waals surface area contributed by atoms with E-state index in [9.17, 15) is 9.59 Å². The van der Waals surface area contributed by atoms with E-state index in [0.29, 0.717) is 28.4 Å². The topological polar surface area (TPSA) is 94.1 Å². The summed E-state index contributed by atoms with van der Waals surface area (Å²) in [6, 6.07) is 8.79. The van der Waals surface area contributed by atoms with Crippen molar-refractivity contribution in [1.29, 1.82) is 0 Å². The lowest BCUT2D eigenvalue weighted by atomic mass is 10.0. The van der Waals surface area contributed by atoms with Gasteiger partial charge >= 0.3 is 0 Å². The summed E-state index contributed by atoms with van der Waals surface area (Å²) >= 11 is 6.26. The molecular formula is C21H20ClN5O2. The quantitative estimate of drug-likeness (QED) is 0.666. The first-order valence-corrected chi connectivity index (χ1v) is 9.62. The number of aromatic nitrogens is 3. The van der Waals surface area contributed by atoms with Crippen LogP contribution in [0.25, 0.3) is 0 Å². The number of pyridine rings is 1. The van der Waals surface area contributed by atoms with Gasteiger partial charge in [0.1, 0.15) is 11.5 Å². The normalized spacial score (nSPS) is 16.0. The summed E-state index contributed by atoms with van der Waals surface area (Å²) in [4.78, 5) is 31.7. The molecule has 0 bridgehead atoms. The molecule has 1 aromatic carbocycles. The molecular weight excluding hydrogens is 390 g/mol. The second kappa shape index (κ2) is 7.33. The number of hydrogen-bond donors (Lipinski definition) is 1. The number of nitrogen functional groups attached to an aromatic ring is 1. The van der Waals surface area contributed by atoms with Crippen LogP contribution in [0.2, 0.25) is 5.02 Å². The van der Waals surface area contributed by atoms with Gasteiger partial charge < -0.3 is 10.6 Å². The van der Waals surface area contributed by atoms with Gasteiger partial charge in [0, 0.05) is 35.4 Å². The fraction of sp³-hybridized carbons (Fsp3) is 0.238. The number of anilines is 2. The van der Waals surface area contributed by atoms with E-state index in [1.165, 1.54) is 6.20 Å². The van der Waals surface area contributed by atoms with E-state index in [-0.39, 0.29) is 30.0 Å². The minimum Gasteiger partial charge on any atom is -0.383 e. The largest absolute Gasteiger partial charge is 0.383 e. The maximum atomic E-state index is 13.3. The summed E-state index contributed by atoms with van der Waals surface area (Å²) in [5, 5.41) is 4.96. The van der Waals surface area contributed by atoms with Gasteiger partial charge in [-0.2, -0.15) is 5.10 Å². The number of carbonyl (C=O) groups is 2. The number of nitrogens with zero attached hydrogens (tertiary/aromatic N) is 4. The Balaban J connectivity index is 1.68. The van der Waals surface area contributed by atoms with E-state index in [1.807, 2.05) is 26.0 Å². The van der Waals surface area contributed by atoms with E-state index in [1.54, 1.807) is 34.0 Å². The molecule has 8 heteroatoms. The molecule has 0 saturated heterocycles. The smallest absolute Gasteiger partial charge is 0.276 e. The second-order valence-corrected chi connectivity index (χ2v) is 7.60. The number of benzene rings is 1. The predicted octanol–water partition coefficient (Wildman–Crippen LogP) is 3.47. The molecule has 2 aromatic heterocycles. The maximum Gasteiger partial charge on any atom is 0.276 e. The zero-order valence-electron chi connectivity index (χ0n) is 16.1. The first kappa shape index (κ1) is 19.1. The number of amides is 1. The van der Waals surface area contributed by atoms with Gasteiger partial charge in [-0.25, -0.2) is 4.98 Å². The lowest BCUT2D eigenvalue weighted by Crippen LogP contribution is -2.43. The average molecular weight is 410 g/mol. The minimum atomic E-state index is -0.206. The molecule has 0 saturated carbocycles. The van der Waals surface area contributed by atoms with Crippen LogP contribution in [0.5, 0.6) is 0 Å². The first-order chi connectivity index (χ1) is 13.9. The van der Waals surface area contributed by atoms with Crippen molar-refractivity contribution in [3.63, 3.8) is 0 Å². The standard InChI is InChI=1S/C21H20ClN5O2/c1-12-5-6-15(9-17(12)22)26-11-13(2)27-19(21(26)29)14(10-25-27)8-18(28)16-4-3-7-24-20(16)23/h3-7,9-10,13H,8,11H2,1-2H3,(H2,23,24)/t13-/m0/s1. The van der Waals surface area contributed by atoms with Gasteiger partial charge in [-0.05, 0) is 43.7 Å². The number of nitrogens with two attached hydrogens (primary N) is 1. The molecule has 4 rings (SSSR count). The Hall–Kier alpha value is -3.19. The molecule has 3 heterocycles. The monoisotopic (exact) mass is 409 g/mol. The molecule has 29 heavy (non-hydrogen) atoms. The van der Waals surface area contributed by atoms with Crippen LogP contribution in [0.3, 0.4) is 0 Å². The zero-order chi connectivity index (χ0) is 20.7. The first-order valence-electron chi connectivity index (χ1n) is 9.25. The van der Waals surface area contributed by atoms with Crippen LogP contribution >= 0.6 is 11.6 Å². The number of Topliss-reactive ketones (excluding diaryl/α,β-unsaturated/α-hetero) is 1. The maximum absolute atomic E-state index is 13.3. The predicted molar refractivity (Wildman–Crippen MR) is 111 cm³/mol. The van der Waals surface area contributed by atoms with Gasteiger partial charge in [0.2, 0.25) is 0 Å². The molecule has 0 unspecified atom stereocenters. The number of rotatable bonds is 4. The molecule has 0 radical (unpaired) electrons. The molecule has 1 atom stereocenters.